The predicted molar refractivity (Wildman–Crippen MR) is 64.3 cm³/mol. The summed E-state index contributed by atoms with van der Waals surface area (Å²) in [6, 6.07) is 5.48. The Kier molecular flexibility index (Phi) is 3.01. The van der Waals surface area contributed by atoms with Crippen molar-refractivity contribution in [2.24, 2.45) is 0 Å². The molecule has 9 heteroatoms. The lowest BCUT2D eigenvalue weighted by molar-refractivity contribution is 0.462. The van der Waals surface area contributed by atoms with Gasteiger partial charge in [0.1, 0.15) is 20.2 Å². The summed E-state index contributed by atoms with van der Waals surface area (Å²) in [6.45, 7) is 0. The van der Waals surface area contributed by atoms with Crippen molar-refractivity contribution >= 4 is 36.7 Å². The average molecular weight is 301 g/mol. The summed E-state index contributed by atoms with van der Waals surface area (Å²) < 4.78 is 66.0. The van der Waals surface area contributed by atoms with Crippen LogP contribution >= 0.6 is 0 Å². The van der Waals surface area contributed by atoms with Crippen LogP contribution < -0.4 is 5.73 Å². The minimum Gasteiger partial charge on any atom is -0.744 e. The molecule has 0 amide bonds. The molecule has 0 unspecified atom stereocenters. The zero-order valence-corrected chi connectivity index (χ0v) is 10.9. The maximum atomic E-state index is 11.1. The molecule has 2 aromatic carbocycles. The van der Waals surface area contributed by atoms with Crippen molar-refractivity contribution in [2.75, 3.05) is 5.73 Å². The second-order valence-electron chi connectivity index (χ2n) is 3.78. The minimum atomic E-state index is -4.76. The van der Waals surface area contributed by atoms with E-state index in [2.05, 4.69) is 0 Å². The number of benzene rings is 2. The molecule has 0 heterocycles. The number of nitrogens with two attached hydrogens (primary N) is 1. The SMILES string of the molecule is Nc1cc(S(=O)(=O)[O-])cc2cccc(S(=O)(=O)[O-])c12. The van der Waals surface area contributed by atoms with Crippen LogP contribution in [-0.4, -0.2) is 25.9 Å². The van der Waals surface area contributed by atoms with E-state index in [-0.39, 0.29) is 16.5 Å². The molecule has 102 valence electrons. The second kappa shape index (κ2) is 4.17. The van der Waals surface area contributed by atoms with Gasteiger partial charge in [-0.25, -0.2) is 16.8 Å². The Labute approximate surface area is 109 Å². The summed E-state index contributed by atoms with van der Waals surface area (Å²) in [7, 11) is -9.48. The van der Waals surface area contributed by atoms with E-state index in [1.54, 1.807) is 0 Å². The molecule has 0 fully saturated rings. The zero-order chi connectivity index (χ0) is 14.4. The average Bonchev–Trinajstić information content (AvgIpc) is 2.25. The molecule has 7 nitrogen and oxygen atoms in total. The quantitative estimate of drug-likeness (QED) is 0.618. The van der Waals surface area contributed by atoms with Gasteiger partial charge in [-0.3, -0.25) is 0 Å². The van der Waals surface area contributed by atoms with Crippen molar-refractivity contribution in [3.05, 3.63) is 30.3 Å². The topological polar surface area (TPSA) is 140 Å². The van der Waals surface area contributed by atoms with E-state index in [0.29, 0.717) is 0 Å². The van der Waals surface area contributed by atoms with Crippen LogP contribution in [0, 0.1) is 0 Å². The third-order valence-corrected chi connectivity index (χ3v) is 4.19. The van der Waals surface area contributed by atoms with Gasteiger partial charge in [0, 0.05) is 11.1 Å². The van der Waals surface area contributed by atoms with Gasteiger partial charge in [0.25, 0.3) is 0 Å². The molecule has 0 bridgehead atoms. The lowest BCUT2D eigenvalue weighted by Crippen LogP contribution is -2.04. The molecule has 0 spiro atoms. The molecular formula is C10H7NO6S2-2. The van der Waals surface area contributed by atoms with Gasteiger partial charge in [0.15, 0.2) is 0 Å². The van der Waals surface area contributed by atoms with Crippen LogP contribution in [0.4, 0.5) is 5.69 Å². The van der Waals surface area contributed by atoms with E-state index in [1.807, 2.05) is 0 Å². The first kappa shape index (κ1) is 13.7. The number of hydrogen-bond acceptors (Lipinski definition) is 7. The maximum Gasteiger partial charge on any atom is 0.125 e. The van der Waals surface area contributed by atoms with Crippen molar-refractivity contribution in [1.29, 1.82) is 0 Å². The smallest absolute Gasteiger partial charge is 0.125 e. The zero-order valence-electron chi connectivity index (χ0n) is 9.23. The summed E-state index contributed by atoms with van der Waals surface area (Å²) in [5.74, 6) is 0. The molecule has 0 aliphatic heterocycles. The highest BCUT2D eigenvalue weighted by Gasteiger charge is 2.13. The Morgan fingerprint density at radius 1 is 0.947 bits per heavy atom. The molecular weight excluding hydrogens is 294 g/mol. The molecule has 0 aromatic heterocycles. The second-order valence-corrected chi connectivity index (χ2v) is 6.50. The molecule has 2 aromatic rings. The number of fused-ring (bicyclic) bond motifs is 1. The standard InChI is InChI=1S/C10H9NO6S2/c11-8-5-7(18(12,13)14)4-6-2-1-3-9(10(6)8)19(15,16)17/h1-5H,11H2,(H,12,13,14)(H,15,16,17)/p-2. The van der Waals surface area contributed by atoms with Gasteiger partial charge in [0.2, 0.25) is 0 Å². The lowest BCUT2D eigenvalue weighted by atomic mass is 10.1. The molecule has 2 N–H and O–H groups in total. The van der Waals surface area contributed by atoms with Gasteiger partial charge in [-0.2, -0.15) is 0 Å². The van der Waals surface area contributed by atoms with Gasteiger partial charge < -0.3 is 14.8 Å². The van der Waals surface area contributed by atoms with E-state index < -0.39 is 30.0 Å². The van der Waals surface area contributed by atoms with Crippen molar-refractivity contribution in [3.8, 4) is 0 Å². The fourth-order valence-corrected chi connectivity index (χ4v) is 3.02. The molecule has 0 atom stereocenters. The van der Waals surface area contributed by atoms with Crippen LogP contribution in [0.2, 0.25) is 0 Å². The summed E-state index contributed by atoms with van der Waals surface area (Å²) in [6.07, 6.45) is 0. The van der Waals surface area contributed by atoms with Gasteiger partial charge in [-0.05, 0) is 23.6 Å². The Hall–Kier alpha value is -1.68. The van der Waals surface area contributed by atoms with Crippen LogP contribution in [0.15, 0.2) is 40.1 Å². The van der Waals surface area contributed by atoms with Crippen LogP contribution in [0.25, 0.3) is 10.8 Å². The Morgan fingerprint density at radius 2 is 1.58 bits per heavy atom. The number of anilines is 1. The van der Waals surface area contributed by atoms with E-state index in [4.69, 9.17) is 5.73 Å². The Bertz CT molecular complexity index is 870. The highest BCUT2D eigenvalue weighted by molar-refractivity contribution is 7.86. The first-order valence-electron chi connectivity index (χ1n) is 4.85. The predicted octanol–water partition coefficient (Wildman–Crippen LogP) is 0.230. The molecule has 0 radical (unpaired) electrons. The number of nitrogen functional groups attached to an aromatic ring is 1. The van der Waals surface area contributed by atoms with Crippen LogP contribution in [0.3, 0.4) is 0 Å². The van der Waals surface area contributed by atoms with Crippen molar-refractivity contribution in [3.63, 3.8) is 0 Å². The Morgan fingerprint density at radius 3 is 2.11 bits per heavy atom. The van der Waals surface area contributed by atoms with E-state index in [9.17, 15) is 25.9 Å². The molecule has 0 saturated heterocycles. The Balaban J connectivity index is 2.96. The van der Waals surface area contributed by atoms with Crippen LogP contribution in [0.1, 0.15) is 0 Å². The summed E-state index contributed by atoms with van der Waals surface area (Å²) in [5, 5.41) is -0.00347. The highest BCUT2D eigenvalue weighted by atomic mass is 32.2. The third kappa shape index (κ3) is 2.54. The minimum absolute atomic E-state index is 0.0892. The van der Waals surface area contributed by atoms with Gasteiger partial charge >= 0.3 is 0 Å². The first-order valence-corrected chi connectivity index (χ1v) is 7.66. The fraction of sp³-hybridized carbons (Fsp3) is 0. The largest absolute Gasteiger partial charge is 0.744 e. The highest BCUT2D eigenvalue weighted by Crippen LogP contribution is 2.30. The van der Waals surface area contributed by atoms with Crippen LogP contribution in [-0.2, 0) is 20.2 Å². The maximum absolute atomic E-state index is 11.1. The first-order chi connectivity index (χ1) is 8.60. The van der Waals surface area contributed by atoms with E-state index in [0.717, 1.165) is 18.2 Å². The van der Waals surface area contributed by atoms with E-state index >= 15 is 0 Å². The number of hydrogen-bond donors (Lipinski definition) is 1. The summed E-state index contributed by atoms with van der Waals surface area (Å²) >= 11 is 0. The van der Waals surface area contributed by atoms with Gasteiger partial charge in [-0.15, -0.1) is 0 Å². The van der Waals surface area contributed by atoms with Crippen LogP contribution in [0.5, 0.6) is 0 Å². The van der Waals surface area contributed by atoms with Gasteiger partial charge in [0.05, 0.1) is 9.79 Å². The molecule has 2 rings (SSSR count). The van der Waals surface area contributed by atoms with Crippen molar-refractivity contribution in [2.45, 2.75) is 9.79 Å². The molecule has 0 aliphatic carbocycles. The molecule has 0 saturated carbocycles. The molecule has 19 heavy (non-hydrogen) atoms. The van der Waals surface area contributed by atoms with Gasteiger partial charge in [-0.1, -0.05) is 12.1 Å². The van der Waals surface area contributed by atoms with E-state index in [1.165, 1.54) is 12.1 Å². The van der Waals surface area contributed by atoms with Crippen molar-refractivity contribution in [1.82, 2.24) is 0 Å². The molecule has 0 aliphatic rings. The third-order valence-electron chi connectivity index (χ3n) is 2.50. The fourth-order valence-electron chi connectivity index (χ4n) is 1.75. The normalized spacial score (nSPS) is 12.7. The monoisotopic (exact) mass is 301 g/mol. The number of rotatable bonds is 2. The summed E-state index contributed by atoms with van der Waals surface area (Å²) in [4.78, 5) is -1.14. The van der Waals surface area contributed by atoms with Crippen molar-refractivity contribution < 1.29 is 25.9 Å². The summed E-state index contributed by atoms with van der Waals surface area (Å²) in [5.41, 5.74) is 5.28. The lowest BCUT2D eigenvalue weighted by Gasteiger charge is -2.15.